The molecule has 0 spiro atoms. The van der Waals surface area contributed by atoms with Crippen LogP contribution in [0, 0.1) is 13.8 Å². The number of rotatable bonds is 9. The summed E-state index contributed by atoms with van der Waals surface area (Å²) in [5.74, 6) is -0.236. The van der Waals surface area contributed by atoms with E-state index in [9.17, 15) is 14.4 Å². The van der Waals surface area contributed by atoms with Crippen molar-refractivity contribution in [1.82, 2.24) is 15.6 Å². The first-order chi connectivity index (χ1) is 20.6. The largest absolute Gasteiger partial charge is 0.487 e. The molecule has 4 amide bonds. The van der Waals surface area contributed by atoms with Gasteiger partial charge in [0.1, 0.15) is 17.9 Å². The monoisotopic (exact) mass is 619 g/mol. The normalized spacial score (nSPS) is 10.9. The van der Waals surface area contributed by atoms with Gasteiger partial charge in [-0.25, -0.2) is 9.78 Å². The van der Waals surface area contributed by atoms with Gasteiger partial charge >= 0.3 is 6.03 Å². The minimum Gasteiger partial charge on any atom is -0.487 e. The number of aryl methyl sites for hydroxylation is 2. The van der Waals surface area contributed by atoms with Crippen LogP contribution in [-0.4, -0.2) is 43.5 Å². The summed E-state index contributed by atoms with van der Waals surface area (Å²) in [6.45, 7) is 3.57. The van der Waals surface area contributed by atoms with Crippen molar-refractivity contribution in [3.8, 4) is 5.75 Å². The third kappa shape index (κ3) is 7.82. The van der Waals surface area contributed by atoms with Gasteiger partial charge in [-0.1, -0.05) is 47.5 Å². The zero-order chi connectivity index (χ0) is 31.1. The number of urea groups is 1. The van der Waals surface area contributed by atoms with Gasteiger partial charge in [0.25, 0.3) is 0 Å². The van der Waals surface area contributed by atoms with E-state index < -0.39 is 5.91 Å². The fourth-order valence-electron chi connectivity index (χ4n) is 4.22. The number of fused-ring (bicyclic) bond motifs is 1. The van der Waals surface area contributed by atoms with Gasteiger partial charge in [-0.3, -0.25) is 9.59 Å². The fourth-order valence-corrected chi connectivity index (χ4v) is 4.83. The lowest BCUT2D eigenvalue weighted by Crippen LogP contribution is -2.37. The van der Waals surface area contributed by atoms with E-state index in [1.807, 2.05) is 50.2 Å². The quantitative estimate of drug-likeness (QED) is 0.191. The summed E-state index contributed by atoms with van der Waals surface area (Å²) in [6.07, 6.45) is 2.96. The number of nitrogens with zero attached hydrogens (tertiary/aromatic N) is 2. The molecule has 43 heavy (non-hydrogen) atoms. The molecule has 4 aromatic rings. The summed E-state index contributed by atoms with van der Waals surface area (Å²) in [7, 11) is 3.10. The number of benzene rings is 3. The molecule has 0 aliphatic heterocycles. The number of carbonyl (C=O) groups is 3. The topological polar surface area (TPSA) is 113 Å². The molecular formula is C32H31Cl2N5O4. The predicted octanol–water partition coefficient (Wildman–Crippen LogP) is 6.28. The molecule has 11 heteroatoms. The third-order valence-electron chi connectivity index (χ3n) is 6.66. The molecule has 0 atom stereocenters. The van der Waals surface area contributed by atoms with Crippen LogP contribution in [-0.2, 0) is 16.2 Å². The van der Waals surface area contributed by atoms with Crippen molar-refractivity contribution in [2.75, 3.05) is 30.9 Å². The lowest BCUT2D eigenvalue weighted by molar-refractivity contribution is -0.122. The van der Waals surface area contributed by atoms with Crippen LogP contribution in [0.5, 0.6) is 5.75 Å². The van der Waals surface area contributed by atoms with E-state index in [1.54, 1.807) is 37.4 Å². The van der Waals surface area contributed by atoms with Gasteiger partial charge in [0, 0.05) is 47.5 Å². The molecule has 3 N–H and O–H groups in total. The summed E-state index contributed by atoms with van der Waals surface area (Å²) in [5.41, 5.74) is 4.78. The second-order valence-corrected chi connectivity index (χ2v) is 10.5. The number of aromatic nitrogens is 1. The fraction of sp³-hybridized carbons (Fsp3) is 0.188. The summed E-state index contributed by atoms with van der Waals surface area (Å²) in [5, 5.41) is 9.41. The Kier molecular flexibility index (Phi) is 10.2. The molecule has 4 rings (SSSR count). The Morgan fingerprint density at radius 1 is 1.02 bits per heavy atom. The molecule has 1 aromatic heterocycles. The first-order valence-electron chi connectivity index (χ1n) is 13.3. The van der Waals surface area contributed by atoms with Crippen LogP contribution in [0.15, 0.2) is 66.7 Å². The van der Waals surface area contributed by atoms with Crippen LogP contribution in [0.4, 0.5) is 16.2 Å². The number of nitrogens with one attached hydrogen (secondary N) is 3. The van der Waals surface area contributed by atoms with Crippen LogP contribution in [0.1, 0.15) is 22.4 Å². The number of hydrogen-bond acceptors (Lipinski definition) is 5. The van der Waals surface area contributed by atoms with Gasteiger partial charge in [0.2, 0.25) is 11.8 Å². The number of anilines is 2. The van der Waals surface area contributed by atoms with Gasteiger partial charge in [-0.05, 0) is 67.4 Å². The average molecular weight is 621 g/mol. The second-order valence-electron chi connectivity index (χ2n) is 9.71. The third-order valence-corrected chi connectivity index (χ3v) is 7.44. The highest BCUT2D eigenvalue weighted by Gasteiger charge is 2.19. The van der Waals surface area contributed by atoms with E-state index in [0.717, 1.165) is 27.7 Å². The predicted molar refractivity (Wildman–Crippen MR) is 172 cm³/mol. The Morgan fingerprint density at radius 2 is 1.81 bits per heavy atom. The number of para-hydroxylation sites is 1. The molecule has 0 bridgehead atoms. The van der Waals surface area contributed by atoms with Crippen molar-refractivity contribution < 1.29 is 19.1 Å². The van der Waals surface area contributed by atoms with Crippen LogP contribution >= 0.6 is 23.2 Å². The number of amides is 4. The maximum absolute atomic E-state index is 12.9. The van der Waals surface area contributed by atoms with Crippen LogP contribution in [0.2, 0.25) is 10.0 Å². The minimum absolute atomic E-state index is 0.0616. The molecule has 0 radical (unpaired) electrons. The van der Waals surface area contributed by atoms with Gasteiger partial charge in [0.05, 0.1) is 17.3 Å². The Hall–Kier alpha value is -4.60. The van der Waals surface area contributed by atoms with Crippen molar-refractivity contribution in [2.24, 2.45) is 0 Å². The van der Waals surface area contributed by atoms with E-state index in [-0.39, 0.29) is 30.1 Å². The van der Waals surface area contributed by atoms with E-state index in [0.29, 0.717) is 27.7 Å². The highest BCUT2D eigenvalue weighted by atomic mass is 35.5. The van der Waals surface area contributed by atoms with Crippen molar-refractivity contribution in [2.45, 2.75) is 20.5 Å². The summed E-state index contributed by atoms with van der Waals surface area (Å²) in [4.78, 5) is 42.8. The van der Waals surface area contributed by atoms with Crippen LogP contribution in [0.3, 0.4) is 0 Å². The van der Waals surface area contributed by atoms with Crippen molar-refractivity contribution in [3.63, 3.8) is 0 Å². The number of carbonyl (C=O) groups excluding carboxylic acids is 3. The molecule has 0 aliphatic carbocycles. The highest BCUT2D eigenvalue weighted by molar-refractivity contribution is 6.38. The Morgan fingerprint density at radius 3 is 2.56 bits per heavy atom. The molecule has 0 saturated carbocycles. The van der Waals surface area contributed by atoms with Crippen molar-refractivity contribution >= 4 is 69.4 Å². The lowest BCUT2D eigenvalue weighted by Gasteiger charge is -2.21. The molecule has 0 unspecified atom stereocenters. The number of ether oxygens (including phenoxy) is 1. The van der Waals surface area contributed by atoms with Gasteiger partial charge in [0.15, 0.2) is 0 Å². The minimum atomic E-state index is -0.442. The molecule has 3 aromatic carbocycles. The maximum atomic E-state index is 12.9. The number of likely N-dealkylation sites (N-methyl/N-ethyl adjacent to an activating group) is 1. The summed E-state index contributed by atoms with van der Waals surface area (Å²) >= 11 is 13.2. The van der Waals surface area contributed by atoms with Gasteiger partial charge in [-0.15, -0.1) is 0 Å². The van der Waals surface area contributed by atoms with Crippen molar-refractivity contribution in [1.29, 1.82) is 0 Å². The molecule has 222 valence electrons. The van der Waals surface area contributed by atoms with E-state index in [4.69, 9.17) is 27.9 Å². The Labute approximate surface area is 259 Å². The standard InChI is InChI=1S/C32H31Cl2N5O4/c1-19-16-21(9-13-25(19)38-32(42)35-3)10-15-28(40)36-17-29(41)39(4)26-14-12-24(33)23(30(26)34)18-43-27-7-5-6-22-11-8-20(2)37-31(22)27/h5-16H,17-18H2,1-4H3,(H,36,40)(H2,35,38,42). The van der Waals surface area contributed by atoms with Crippen molar-refractivity contribution in [3.05, 3.63) is 99.2 Å². The first-order valence-corrected chi connectivity index (χ1v) is 14.1. The summed E-state index contributed by atoms with van der Waals surface area (Å²) in [6, 6.07) is 17.9. The van der Waals surface area contributed by atoms with Crippen LogP contribution in [0.25, 0.3) is 17.0 Å². The van der Waals surface area contributed by atoms with E-state index in [1.165, 1.54) is 18.0 Å². The molecule has 1 heterocycles. The number of halogens is 2. The number of pyridine rings is 1. The van der Waals surface area contributed by atoms with E-state index >= 15 is 0 Å². The maximum Gasteiger partial charge on any atom is 0.318 e. The average Bonchev–Trinajstić information content (AvgIpc) is 2.99. The highest BCUT2D eigenvalue weighted by Crippen LogP contribution is 2.35. The smallest absolute Gasteiger partial charge is 0.318 e. The SMILES string of the molecule is CNC(=O)Nc1ccc(C=CC(=O)NCC(=O)N(C)c2ccc(Cl)c(COc3cccc4ccc(C)nc34)c2Cl)cc1C. The molecule has 0 fully saturated rings. The number of hydrogen-bond donors (Lipinski definition) is 3. The zero-order valence-electron chi connectivity index (χ0n) is 24.1. The van der Waals surface area contributed by atoms with Gasteiger partial charge in [-0.2, -0.15) is 0 Å². The van der Waals surface area contributed by atoms with Gasteiger partial charge < -0.3 is 25.6 Å². The molecular weight excluding hydrogens is 589 g/mol. The Balaban J connectivity index is 1.38. The molecule has 9 nitrogen and oxygen atoms in total. The zero-order valence-corrected chi connectivity index (χ0v) is 25.6. The van der Waals surface area contributed by atoms with E-state index in [2.05, 4.69) is 20.9 Å². The van der Waals surface area contributed by atoms with Crippen LogP contribution < -0.4 is 25.6 Å². The second kappa shape index (κ2) is 14.0. The summed E-state index contributed by atoms with van der Waals surface area (Å²) < 4.78 is 6.07. The first kappa shape index (κ1) is 31.3. The Bertz CT molecular complexity index is 1720. The molecule has 0 aliphatic rings. The lowest BCUT2D eigenvalue weighted by atomic mass is 10.1. The molecule has 0 saturated heterocycles.